The third-order valence-corrected chi connectivity index (χ3v) is 3.36. The summed E-state index contributed by atoms with van der Waals surface area (Å²) in [6, 6.07) is 16.2. The van der Waals surface area contributed by atoms with Crippen LogP contribution in [0.15, 0.2) is 66.9 Å². The van der Waals surface area contributed by atoms with Gasteiger partial charge in [-0.25, -0.2) is 0 Å². The van der Waals surface area contributed by atoms with Gasteiger partial charge in [0.15, 0.2) is 5.78 Å². The molecule has 0 bridgehead atoms. The first-order valence-electron chi connectivity index (χ1n) is 7.73. The molecule has 124 valence electrons. The molecule has 0 saturated heterocycles. The predicted molar refractivity (Wildman–Crippen MR) is 97.7 cm³/mol. The van der Waals surface area contributed by atoms with Crippen molar-refractivity contribution in [2.45, 2.75) is 18.9 Å². The van der Waals surface area contributed by atoms with Gasteiger partial charge in [0.1, 0.15) is 5.75 Å². The van der Waals surface area contributed by atoms with Crippen LogP contribution in [-0.4, -0.2) is 23.1 Å². The van der Waals surface area contributed by atoms with Crippen molar-refractivity contribution < 1.29 is 9.90 Å². The van der Waals surface area contributed by atoms with E-state index >= 15 is 0 Å². The third kappa shape index (κ3) is 5.96. The molecular weight excluding hydrogens is 302 g/mol. The monoisotopic (exact) mass is 323 g/mol. The van der Waals surface area contributed by atoms with Gasteiger partial charge in [-0.15, -0.1) is 0 Å². The fourth-order valence-corrected chi connectivity index (χ4v) is 2.24. The Labute approximate surface area is 141 Å². The highest BCUT2D eigenvalue weighted by molar-refractivity contribution is 5.90. The second-order valence-electron chi connectivity index (χ2n) is 5.35. The highest BCUT2D eigenvalue weighted by Gasteiger charge is 2.11. The summed E-state index contributed by atoms with van der Waals surface area (Å²) >= 11 is 0. The van der Waals surface area contributed by atoms with Gasteiger partial charge in [-0.05, 0) is 36.6 Å². The molecule has 24 heavy (non-hydrogen) atoms. The average Bonchev–Trinajstić information content (AvgIpc) is 2.56. The molecule has 0 radical (unpaired) electrons. The third-order valence-electron chi connectivity index (χ3n) is 3.36. The molecule has 0 saturated carbocycles. The van der Waals surface area contributed by atoms with Crippen LogP contribution >= 0.6 is 0 Å². The van der Waals surface area contributed by atoms with E-state index in [-0.39, 0.29) is 17.6 Å². The lowest BCUT2D eigenvalue weighted by Gasteiger charge is -2.16. The van der Waals surface area contributed by atoms with Crippen LogP contribution in [0.2, 0.25) is 0 Å². The number of para-hydroxylation sites is 1. The van der Waals surface area contributed by atoms with E-state index in [4.69, 9.17) is 5.41 Å². The number of nitrogens with one attached hydrogen (secondary N) is 3. The molecule has 0 aliphatic rings. The molecule has 2 aromatic rings. The molecule has 0 spiro atoms. The number of benzene rings is 2. The molecule has 0 amide bonds. The van der Waals surface area contributed by atoms with Crippen LogP contribution in [0.25, 0.3) is 0 Å². The molecule has 0 fully saturated rings. The van der Waals surface area contributed by atoms with Gasteiger partial charge in [-0.2, -0.15) is 0 Å². The first kappa shape index (κ1) is 17.3. The highest BCUT2D eigenvalue weighted by atomic mass is 16.3. The molecule has 0 aliphatic carbocycles. The Balaban J connectivity index is 1.87. The Morgan fingerprint density at radius 2 is 1.88 bits per heavy atom. The van der Waals surface area contributed by atoms with E-state index in [0.29, 0.717) is 18.5 Å². The van der Waals surface area contributed by atoms with Gasteiger partial charge < -0.3 is 21.1 Å². The minimum atomic E-state index is -0.122. The minimum absolute atomic E-state index is 0.0436. The van der Waals surface area contributed by atoms with Crippen molar-refractivity contribution in [2.75, 3.05) is 10.6 Å². The lowest BCUT2D eigenvalue weighted by Crippen LogP contribution is -2.23. The summed E-state index contributed by atoms with van der Waals surface area (Å²) in [5.74, 6) is 0.121. The number of aromatic hydroxyl groups is 1. The van der Waals surface area contributed by atoms with E-state index in [1.54, 1.807) is 30.5 Å². The minimum Gasteiger partial charge on any atom is -0.508 e. The molecule has 2 rings (SSSR count). The molecule has 0 aromatic heterocycles. The van der Waals surface area contributed by atoms with Gasteiger partial charge in [-0.1, -0.05) is 24.3 Å². The number of allylic oxidation sites excluding steroid dienone is 1. The molecular formula is C19H21N3O2. The Bertz CT molecular complexity index is 699. The van der Waals surface area contributed by atoms with Gasteiger partial charge in [-0.3, -0.25) is 4.79 Å². The summed E-state index contributed by atoms with van der Waals surface area (Å²) in [7, 11) is 0. The molecule has 2 aromatic carbocycles. The fourth-order valence-electron chi connectivity index (χ4n) is 2.24. The quantitative estimate of drug-likeness (QED) is 0.418. The molecule has 5 nitrogen and oxygen atoms in total. The van der Waals surface area contributed by atoms with Gasteiger partial charge >= 0.3 is 0 Å². The Morgan fingerprint density at radius 3 is 2.58 bits per heavy atom. The second-order valence-corrected chi connectivity index (χ2v) is 5.35. The number of hydrogen-bond donors (Lipinski definition) is 4. The Morgan fingerprint density at radius 1 is 1.12 bits per heavy atom. The number of anilines is 2. The van der Waals surface area contributed by atoms with Gasteiger partial charge in [0, 0.05) is 42.5 Å². The van der Waals surface area contributed by atoms with Crippen LogP contribution in [0.3, 0.4) is 0 Å². The first-order valence-corrected chi connectivity index (χ1v) is 7.73. The van der Waals surface area contributed by atoms with Gasteiger partial charge in [0.25, 0.3) is 0 Å². The van der Waals surface area contributed by atoms with Crippen molar-refractivity contribution in [3.63, 3.8) is 0 Å². The van der Waals surface area contributed by atoms with E-state index in [0.717, 1.165) is 5.69 Å². The lowest BCUT2D eigenvalue weighted by molar-refractivity contribution is -0.114. The summed E-state index contributed by atoms with van der Waals surface area (Å²) in [5, 5.41) is 22.9. The smallest absolute Gasteiger partial charge is 0.159 e. The van der Waals surface area contributed by atoms with Crippen molar-refractivity contribution in [1.29, 1.82) is 5.41 Å². The maximum absolute atomic E-state index is 12.1. The standard InChI is InChI=1S/C19H21N3O2/c20-11-9-17(22-15-5-2-1-3-6-15)14-19(24)10-12-21-16-7-4-8-18(23)13-16/h1-8,10-13,17,20-23H,9,14H2/b12-10-,20-11?. The number of carbonyl (C=O) groups excluding carboxylic acids is 1. The van der Waals surface area contributed by atoms with Crippen LogP contribution in [0.4, 0.5) is 11.4 Å². The number of rotatable bonds is 9. The van der Waals surface area contributed by atoms with E-state index in [9.17, 15) is 9.90 Å². The zero-order chi connectivity index (χ0) is 17.2. The van der Waals surface area contributed by atoms with E-state index in [1.807, 2.05) is 30.3 Å². The summed E-state index contributed by atoms with van der Waals surface area (Å²) in [6.45, 7) is 0. The van der Waals surface area contributed by atoms with Crippen molar-refractivity contribution in [1.82, 2.24) is 0 Å². The largest absolute Gasteiger partial charge is 0.508 e. The van der Waals surface area contributed by atoms with Crippen molar-refractivity contribution in [2.24, 2.45) is 0 Å². The SMILES string of the molecule is N=CCC(CC(=O)/C=C\Nc1cccc(O)c1)Nc1ccccc1. The number of hydrogen-bond acceptors (Lipinski definition) is 5. The number of phenols is 1. The summed E-state index contributed by atoms with van der Waals surface area (Å²) < 4.78 is 0. The van der Waals surface area contributed by atoms with E-state index in [1.165, 1.54) is 12.3 Å². The Kier molecular flexibility index (Phi) is 6.58. The lowest BCUT2D eigenvalue weighted by atomic mass is 10.1. The maximum Gasteiger partial charge on any atom is 0.159 e. The van der Waals surface area contributed by atoms with Crippen LogP contribution < -0.4 is 10.6 Å². The zero-order valence-corrected chi connectivity index (χ0v) is 13.3. The maximum atomic E-state index is 12.1. The summed E-state index contributed by atoms with van der Waals surface area (Å²) in [6.07, 6.45) is 5.11. The van der Waals surface area contributed by atoms with Crippen molar-refractivity contribution in [3.8, 4) is 5.75 Å². The van der Waals surface area contributed by atoms with Crippen LogP contribution in [0, 0.1) is 5.41 Å². The molecule has 0 heterocycles. The highest BCUT2D eigenvalue weighted by Crippen LogP contribution is 2.15. The average molecular weight is 323 g/mol. The van der Waals surface area contributed by atoms with E-state index < -0.39 is 0 Å². The van der Waals surface area contributed by atoms with Crippen molar-refractivity contribution in [3.05, 3.63) is 66.9 Å². The van der Waals surface area contributed by atoms with Gasteiger partial charge in [0.05, 0.1) is 0 Å². The van der Waals surface area contributed by atoms with Crippen LogP contribution in [0.5, 0.6) is 5.75 Å². The van der Waals surface area contributed by atoms with Crippen LogP contribution in [-0.2, 0) is 4.79 Å². The predicted octanol–water partition coefficient (Wildman–Crippen LogP) is 3.80. The molecule has 0 aliphatic heterocycles. The molecule has 1 unspecified atom stereocenters. The van der Waals surface area contributed by atoms with Crippen LogP contribution in [0.1, 0.15) is 12.8 Å². The fraction of sp³-hybridized carbons (Fsp3) is 0.158. The topological polar surface area (TPSA) is 85.2 Å². The molecule has 4 N–H and O–H groups in total. The summed E-state index contributed by atoms with van der Waals surface area (Å²) in [5.41, 5.74) is 1.64. The Hall–Kier alpha value is -3.08. The van der Waals surface area contributed by atoms with E-state index in [2.05, 4.69) is 10.6 Å². The zero-order valence-electron chi connectivity index (χ0n) is 13.3. The van der Waals surface area contributed by atoms with Crippen molar-refractivity contribution >= 4 is 23.4 Å². The molecule has 1 atom stereocenters. The summed E-state index contributed by atoms with van der Waals surface area (Å²) in [4.78, 5) is 12.1. The first-order chi connectivity index (χ1) is 11.7. The van der Waals surface area contributed by atoms with Gasteiger partial charge in [0.2, 0.25) is 0 Å². The number of ketones is 1. The number of phenolic OH excluding ortho intramolecular Hbond substituents is 1. The molecule has 5 heteroatoms. The second kappa shape index (κ2) is 9.15. The normalized spacial score (nSPS) is 11.8. The number of carbonyl (C=O) groups is 1.